The normalized spacial score (nSPS) is 16.7. The molecule has 23 heavy (non-hydrogen) atoms. The van der Waals surface area contributed by atoms with Crippen LogP contribution >= 0.6 is 11.3 Å². The fraction of sp³-hybridized carbons (Fsp3) is 0.471. The van der Waals surface area contributed by atoms with Crippen molar-refractivity contribution in [1.29, 1.82) is 0 Å². The topological polar surface area (TPSA) is 58.1 Å². The lowest BCUT2D eigenvalue weighted by atomic mass is 10.0. The molecule has 2 aromatic heterocycles. The number of carbonyl (C=O) groups is 1. The Bertz CT molecular complexity index is 672. The Labute approximate surface area is 139 Å². The molecule has 1 saturated carbocycles. The van der Waals surface area contributed by atoms with E-state index in [2.05, 4.69) is 15.3 Å². The number of thiazole rings is 1. The van der Waals surface area contributed by atoms with Crippen molar-refractivity contribution in [2.24, 2.45) is 0 Å². The summed E-state index contributed by atoms with van der Waals surface area (Å²) in [5.41, 5.74) is 2.10. The van der Waals surface area contributed by atoms with Gasteiger partial charge in [0.1, 0.15) is 0 Å². The minimum atomic E-state index is -0.0516. The van der Waals surface area contributed by atoms with Crippen molar-refractivity contribution in [3.8, 4) is 0 Å². The van der Waals surface area contributed by atoms with E-state index in [0.29, 0.717) is 12.6 Å². The molecular weight excluding hydrogens is 308 g/mol. The molecule has 0 aliphatic heterocycles. The van der Waals surface area contributed by atoms with Gasteiger partial charge in [-0.1, -0.05) is 6.07 Å². The van der Waals surface area contributed by atoms with E-state index < -0.39 is 0 Å². The fourth-order valence-electron chi connectivity index (χ4n) is 2.99. The van der Waals surface area contributed by atoms with Gasteiger partial charge in [0, 0.05) is 17.1 Å². The summed E-state index contributed by atoms with van der Waals surface area (Å²) in [5, 5.41) is 3.75. The summed E-state index contributed by atoms with van der Waals surface area (Å²) in [6.07, 6.45) is 8.51. The van der Waals surface area contributed by atoms with Crippen molar-refractivity contribution in [3.05, 3.63) is 40.7 Å². The standard InChI is InChI=1S/C17H20N4OS/c22-17(20-16-19-14-6-1-2-7-15(14)23-16)21(13-8-9-13)11-12-5-3-4-10-18-12/h3-5,10,13H,1-2,6-9,11H2,(H,19,20,22). The van der Waals surface area contributed by atoms with Crippen LogP contribution in [-0.4, -0.2) is 26.9 Å². The van der Waals surface area contributed by atoms with Gasteiger partial charge in [-0.2, -0.15) is 0 Å². The highest BCUT2D eigenvalue weighted by Crippen LogP contribution is 2.32. The van der Waals surface area contributed by atoms with Crippen LogP contribution in [0.4, 0.5) is 9.93 Å². The first kappa shape index (κ1) is 14.6. The van der Waals surface area contributed by atoms with Gasteiger partial charge in [0.15, 0.2) is 5.13 Å². The molecule has 2 heterocycles. The third-order valence-electron chi connectivity index (χ3n) is 4.37. The van der Waals surface area contributed by atoms with Gasteiger partial charge < -0.3 is 4.90 Å². The molecule has 2 aliphatic carbocycles. The number of hydrogen-bond acceptors (Lipinski definition) is 4. The Morgan fingerprint density at radius 3 is 2.91 bits per heavy atom. The molecule has 2 amide bonds. The summed E-state index contributed by atoms with van der Waals surface area (Å²) < 4.78 is 0. The highest BCUT2D eigenvalue weighted by Gasteiger charge is 2.33. The van der Waals surface area contributed by atoms with Crippen molar-refractivity contribution in [2.75, 3.05) is 5.32 Å². The van der Waals surface area contributed by atoms with Gasteiger partial charge >= 0.3 is 6.03 Å². The maximum Gasteiger partial charge on any atom is 0.324 e. The SMILES string of the molecule is O=C(Nc1nc2c(s1)CCCC2)N(Cc1ccccn1)C1CC1. The van der Waals surface area contributed by atoms with E-state index in [4.69, 9.17) is 0 Å². The molecule has 1 N–H and O–H groups in total. The van der Waals surface area contributed by atoms with Gasteiger partial charge in [-0.15, -0.1) is 11.3 Å². The molecule has 0 radical (unpaired) electrons. The molecule has 2 aromatic rings. The Kier molecular flexibility index (Phi) is 3.99. The molecule has 0 unspecified atom stereocenters. The number of carbonyl (C=O) groups excluding carboxylic acids is 1. The summed E-state index contributed by atoms with van der Waals surface area (Å²) in [6.45, 7) is 0.558. The van der Waals surface area contributed by atoms with Crippen molar-refractivity contribution >= 4 is 22.5 Å². The Morgan fingerprint density at radius 1 is 1.30 bits per heavy atom. The average molecular weight is 328 g/mol. The van der Waals surface area contributed by atoms with Crippen molar-refractivity contribution in [2.45, 2.75) is 51.1 Å². The monoisotopic (exact) mass is 328 g/mol. The zero-order valence-electron chi connectivity index (χ0n) is 13.0. The summed E-state index contributed by atoms with van der Waals surface area (Å²) in [6, 6.07) is 6.10. The predicted octanol–water partition coefficient (Wildman–Crippen LogP) is 3.61. The van der Waals surface area contributed by atoms with Crippen LogP contribution in [0.2, 0.25) is 0 Å². The van der Waals surface area contributed by atoms with Gasteiger partial charge in [0.2, 0.25) is 0 Å². The highest BCUT2D eigenvalue weighted by atomic mass is 32.1. The second kappa shape index (κ2) is 6.28. The molecule has 0 aromatic carbocycles. The molecule has 120 valence electrons. The van der Waals surface area contributed by atoms with Crippen molar-refractivity contribution in [3.63, 3.8) is 0 Å². The number of pyridine rings is 1. The summed E-state index contributed by atoms with van der Waals surface area (Å²) in [7, 11) is 0. The van der Waals surface area contributed by atoms with Crippen LogP contribution in [0.3, 0.4) is 0 Å². The minimum absolute atomic E-state index is 0.0516. The molecule has 2 aliphatic rings. The number of anilines is 1. The molecule has 0 spiro atoms. The van der Waals surface area contributed by atoms with Gasteiger partial charge in [0.05, 0.1) is 17.9 Å². The summed E-state index contributed by atoms with van der Waals surface area (Å²) in [5.74, 6) is 0. The van der Waals surface area contributed by atoms with Crippen LogP contribution < -0.4 is 5.32 Å². The first-order valence-electron chi connectivity index (χ1n) is 8.26. The summed E-state index contributed by atoms with van der Waals surface area (Å²) in [4.78, 5) is 24.8. The second-order valence-electron chi connectivity index (χ2n) is 6.21. The lowest BCUT2D eigenvalue weighted by molar-refractivity contribution is 0.205. The lowest BCUT2D eigenvalue weighted by Gasteiger charge is -2.21. The molecule has 1 fully saturated rings. The van der Waals surface area contributed by atoms with Gasteiger partial charge in [-0.05, 0) is 50.7 Å². The largest absolute Gasteiger partial charge is 0.324 e. The molecule has 5 nitrogen and oxygen atoms in total. The van der Waals surface area contributed by atoms with Crippen LogP contribution in [0.1, 0.15) is 41.9 Å². The molecule has 4 rings (SSSR count). The zero-order chi connectivity index (χ0) is 15.6. The first-order valence-corrected chi connectivity index (χ1v) is 9.07. The maximum absolute atomic E-state index is 12.7. The van der Waals surface area contributed by atoms with E-state index in [1.807, 2.05) is 23.1 Å². The smallest absolute Gasteiger partial charge is 0.316 e. The Balaban J connectivity index is 1.46. The van der Waals surface area contributed by atoms with Gasteiger partial charge in [-0.3, -0.25) is 10.3 Å². The number of amides is 2. The number of fused-ring (bicyclic) bond motifs is 1. The Morgan fingerprint density at radius 2 is 2.17 bits per heavy atom. The zero-order valence-corrected chi connectivity index (χ0v) is 13.8. The van der Waals surface area contributed by atoms with Crippen LogP contribution in [0.25, 0.3) is 0 Å². The van der Waals surface area contributed by atoms with E-state index in [9.17, 15) is 4.79 Å². The van der Waals surface area contributed by atoms with Crippen LogP contribution in [0.15, 0.2) is 24.4 Å². The first-order chi connectivity index (χ1) is 11.3. The number of urea groups is 1. The van der Waals surface area contributed by atoms with Gasteiger partial charge in [0.25, 0.3) is 0 Å². The third-order valence-corrected chi connectivity index (χ3v) is 5.44. The van der Waals surface area contributed by atoms with Gasteiger partial charge in [-0.25, -0.2) is 9.78 Å². The fourth-order valence-corrected chi connectivity index (χ4v) is 4.03. The van der Waals surface area contributed by atoms with E-state index >= 15 is 0 Å². The lowest BCUT2D eigenvalue weighted by Crippen LogP contribution is -2.36. The van der Waals surface area contributed by atoms with Crippen LogP contribution in [0, 0.1) is 0 Å². The van der Waals surface area contributed by atoms with E-state index in [1.54, 1.807) is 17.5 Å². The highest BCUT2D eigenvalue weighted by molar-refractivity contribution is 7.15. The van der Waals surface area contributed by atoms with Crippen LogP contribution in [0.5, 0.6) is 0 Å². The third kappa shape index (κ3) is 3.37. The molecule has 6 heteroatoms. The van der Waals surface area contributed by atoms with Crippen LogP contribution in [-0.2, 0) is 19.4 Å². The quantitative estimate of drug-likeness (QED) is 0.932. The van der Waals surface area contributed by atoms with Crippen molar-refractivity contribution in [1.82, 2.24) is 14.9 Å². The number of nitrogens with one attached hydrogen (secondary N) is 1. The molecule has 0 saturated heterocycles. The number of rotatable bonds is 4. The average Bonchev–Trinajstić information content (AvgIpc) is 3.33. The molecule has 0 bridgehead atoms. The molecular formula is C17H20N4OS. The second-order valence-corrected chi connectivity index (χ2v) is 7.29. The van der Waals surface area contributed by atoms with Crippen molar-refractivity contribution < 1.29 is 4.79 Å². The predicted molar refractivity (Wildman–Crippen MR) is 90.6 cm³/mol. The molecule has 0 atom stereocenters. The Hall–Kier alpha value is -1.95. The van der Waals surface area contributed by atoms with E-state index in [-0.39, 0.29) is 6.03 Å². The number of aromatic nitrogens is 2. The maximum atomic E-state index is 12.7. The van der Waals surface area contributed by atoms with E-state index in [0.717, 1.165) is 36.5 Å². The number of nitrogens with zero attached hydrogens (tertiary/aromatic N) is 3. The number of hydrogen-bond donors (Lipinski definition) is 1. The number of aryl methyl sites for hydroxylation is 2. The summed E-state index contributed by atoms with van der Waals surface area (Å²) >= 11 is 1.63. The minimum Gasteiger partial charge on any atom is -0.316 e. The van der Waals surface area contributed by atoms with E-state index in [1.165, 1.54) is 23.4 Å².